The summed E-state index contributed by atoms with van der Waals surface area (Å²) in [5.74, 6) is 0. The maximum absolute atomic E-state index is 5.14. The van der Waals surface area contributed by atoms with E-state index >= 15 is 0 Å². The minimum Gasteiger partial charge on any atom is -0.373 e. The monoisotopic (exact) mass is 115 g/mol. The Kier molecular flexibility index (Phi) is 1.54. The molecule has 0 aromatic rings. The molecule has 0 aliphatic carbocycles. The molecule has 1 saturated heterocycles. The standard InChI is InChI=1S/C6H11O2/c1-3-6(7-2)4-8-5-6/h4H,3,5H2,1-2H3. The van der Waals surface area contributed by atoms with Crippen LogP contribution in [0, 0.1) is 6.61 Å². The van der Waals surface area contributed by atoms with Crippen LogP contribution >= 0.6 is 0 Å². The number of methoxy groups -OCH3 is 1. The van der Waals surface area contributed by atoms with E-state index in [4.69, 9.17) is 9.47 Å². The SMILES string of the molecule is CCC1(OC)[CH]OC1. The minimum atomic E-state index is -0.0417. The molecular weight excluding hydrogens is 104 g/mol. The van der Waals surface area contributed by atoms with Gasteiger partial charge >= 0.3 is 0 Å². The summed E-state index contributed by atoms with van der Waals surface area (Å²) in [6.07, 6.45) is 1.00. The molecule has 2 nitrogen and oxygen atoms in total. The molecule has 1 unspecified atom stereocenters. The highest BCUT2D eigenvalue weighted by atomic mass is 16.6. The van der Waals surface area contributed by atoms with Gasteiger partial charge in [-0.3, -0.25) is 0 Å². The Morgan fingerprint density at radius 1 is 1.88 bits per heavy atom. The van der Waals surface area contributed by atoms with Gasteiger partial charge in [-0.25, -0.2) is 0 Å². The molecule has 1 radical (unpaired) electrons. The van der Waals surface area contributed by atoms with Crippen molar-refractivity contribution in [2.75, 3.05) is 13.7 Å². The second-order valence-corrected chi connectivity index (χ2v) is 2.05. The fourth-order valence-corrected chi connectivity index (χ4v) is 0.706. The van der Waals surface area contributed by atoms with Gasteiger partial charge in [-0.05, 0) is 6.42 Å². The molecule has 1 rings (SSSR count). The van der Waals surface area contributed by atoms with E-state index in [0.29, 0.717) is 0 Å². The summed E-state index contributed by atoms with van der Waals surface area (Å²) in [6.45, 7) is 4.57. The van der Waals surface area contributed by atoms with E-state index in [9.17, 15) is 0 Å². The third kappa shape index (κ3) is 0.740. The zero-order chi connectivity index (χ0) is 6.04. The summed E-state index contributed by atoms with van der Waals surface area (Å²) in [6, 6.07) is 0. The summed E-state index contributed by atoms with van der Waals surface area (Å²) >= 11 is 0. The molecule has 1 aliphatic heterocycles. The van der Waals surface area contributed by atoms with Crippen LogP contribution in [0.1, 0.15) is 13.3 Å². The van der Waals surface area contributed by atoms with Crippen molar-refractivity contribution >= 4 is 0 Å². The van der Waals surface area contributed by atoms with Crippen molar-refractivity contribution in [2.24, 2.45) is 0 Å². The molecule has 8 heavy (non-hydrogen) atoms. The highest BCUT2D eigenvalue weighted by Gasteiger charge is 2.37. The fourth-order valence-electron chi connectivity index (χ4n) is 0.706. The molecule has 1 heterocycles. The third-order valence-corrected chi connectivity index (χ3v) is 1.63. The lowest BCUT2D eigenvalue weighted by Gasteiger charge is -2.38. The van der Waals surface area contributed by atoms with Crippen LogP contribution in [-0.4, -0.2) is 19.3 Å². The fraction of sp³-hybridized carbons (Fsp3) is 0.833. The second kappa shape index (κ2) is 2.03. The number of rotatable bonds is 2. The Hall–Kier alpha value is -0.0800. The van der Waals surface area contributed by atoms with E-state index in [1.54, 1.807) is 13.7 Å². The van der Waals surface area contributed by atoms with Gasteiger partial charge < -0.3 is 9.47 Å². The molecule has 0 saturated carbocycles. The van der Waals surface area contributed by atoms with Crippen LogP contribution in [0.25, 0.3) is 0 Å². The van der Waals surface area contributed by atoms with Crippen molar-refractivity contribution in [1.82, 2.24) is 0 Å². The summed E-state index contributed by atoms with van der Waals surface area (Å²) in [7, 11) is 1.71. The quantitative estimate of drug-likeness (QED) is 0.534. The summed E-state index contributed by atoms with van der Waals surface area (Å²) < 4.78 is 10.0. The average Bonchev–Trinajstić information content (AvgIpc) is 1.67. The van der Waals surface area contributed by atoms with E-state index in [2.05, 4.69) is 6.92 Å². The van der Waals surface area contributed by atoms with E-state index in [1.807, 2.05) is 0 Å². The first kappa shape index (κ1) is 6.05. The molecule has 1 atom stereocenters. The van der Waals surface area contributed by atoms with Gasteiger partial charge in [-0.2, -0.15) is 0 Å². The molecule has 0 spiro atoms. The minimum absolute atomic E-state index is 0.0417. The molecule has 47 valence electrons. The smallest absolute Gasteiger partial charge is 0.119 e. The number of hydrogen-bond donors (Lipinski definition) is 0. The van der Waals surface area contributed by atoms with Gasteiger partial charge in [0.15, 0.2) is 0 Å². The Labute approximate surface area is 49.8 Å². The topological polar surface area (TPSA) is 18.5 Å². The van der Waals surface area contributed by atoms with Gasteiger partial charge in [0.1, 0.15) is 12.2 Å². The van der Waals surface area contributed by atoms with E-state index in [0.717, 1.165) is 13.0 Å². The average molecular weight is 115 g/mol. The Balaban J connectivity index is 2.33. The van der Waals surface area contributed by atoms with Crippen LogP contribution < -0.4 is 0 Å². The Morgan fingerprint density at radius 2 is 2.50 bits per heavy atom. The summed E-state index contributed by atoms with van der Waals surface area (Å²) in [5.41, 5.74) is -0.0417. The molecular formula is C6H11O2. The maximum Gasteiger partial charge on any atom is 0.119 e. The lowest BCUT2D eigenvalue weighted by molar-refractivity contribution is -0.150. The Morgan fingerprint density at radius 3 is 2.50 bits per heavy atom. The lowest BCUT2D eigenvalue weighted by atomic mass is 9.99. The van der Waals surface area contributed by atoms with Gasteiger partial charge in [0, 0.05) is 7.11 Å². The van der Waals surface area contributed by atoms with Crippen LogP contribution in [0.5, 0.6) is 0 Å². The van der Waals surface area contributed by atoms with E-state index in [-0.39, 0.29) is 5.60 Å². The first-order chi connectivity index (χ1) is 3.83. The van der Waals surface area contributed by atoms with Gasteiger partial charge in [-0.1, -0.05) is 6.92 Å². The van der Waals surface area contributed by atoms with Crippen LogP contribution in [0.15, 0.2) is 0 Å². The predicted octanol–water partition coefficient (Wildman–Crippen LogP) is 0.974. The van der Waals surface area contributed by atoms with Gasteiger partial charge in [0.2, 0.25) is 0 Å². The Bertz CT molecular complexity index is 63.1. The molecule has 0 aromatic carbocycles. The van der Waals surface area contributed by atoms with Crippen LogP contribution in [0.3, 0.4) is 0 Å². The first-order valence-electron chi connectivity index (χ1n) is 2.84. The van der Waals surface area contributed by atoms with Crippen molar-refractivity contribution in [3.63, 3.8) is 0 Å². The van der Waals surface area contributed by atoms with Gasteiger partial charge in [0.05, 0.1) is 6.61 Å². The molecule has 0 bridgehead atoms. The maximum atomic E-state index is 5.14. The van der Waals surface area contributed by atoms with E-state index < -0.39 is 0 Å². The normalized spacial score (nSPS) is 24.8. The molecule has 0 N–H and O–H groups in total. The molecule has 2 heteroatoms. The van der Waals surface area contributed by atoms with Gasteiger partial charge in [0.25, 0.3) is 0 Å². The van der Waals surface area contributed by atoms with Crippen LogP contribution in [-0.2, 0) is 9.47 Å². The van der Waals surface area contributed by atoms with Crippen molar-refractivity contribution in [3.05, 3.63) is 6.61 Å². The number of hydrogen-bond acceptors (Lipinski definition) is 2. The third-order valence-electron chi connectivity index (χ3n) is 1.63. The summed E-state index contributed by atoms with van der Waals surface area (Å²) in [5, 5.41) is 0. The van der Waals surface area contributed by atoms with Crippen LogP contribution in [0.4, 0.5) is 0 Å². The second-order valence-electron chi connectivity index (χ2n) is 2.05. The summed E-state index contributed by atoms with van der Waals surface area (Å²) in [4.78, 5) is 0. The van der Waals surface area contributed by atoms with Crippen molar-refractivity contribution in [1.29, 1.82) is 0 Å². The van der Waals surface area contributed by atoms with Crippen molar-refractivity contribution in [2.45, 2.75) is 18.9 Å². The molecule has 0 aromatic heterocycles. The largest absolute Gasteiger partial charge is 0.373 e. The highest BCUT2D eigenvalue weighted by Crippen LogP contribution is 2.28. The van der Waals surface area contributed by atoms with E-state index in [1.165, 1.54) is 0 Å². The predicted molar refractivity (Wildman–Crippen MR) is 30.3 cm³/mol. The molecule has 0 amide bonds. The van der Waals surface area contributed by atoms with Crippen molar-refractivity contribution < 1.29 is 9.47 Å². The number of ether oxygens (including phenoxy) is 2. The van der Waals surface area contributed by atoms with Crippen molar-refractivity contribution in [3.8, 4) is 0 Å². The zero-order valence-electron chi connectivity index (χ0n) is 5.31. The van der Waals surface area contributed by atoms with Gasteiger partial charge in [-0.15, -0.1) is 0 Å². The molecule has 1 fully saturated rings. The molecule has 1 aliphatic rings. The lowest BCUT2D eigenvalue weighted by Crippen LogP contribution is -2.46. The highest BCUT2D eigenvalue weighted by molar-refractivity contribution is 4.95. The van der Waals surface area contributed by atoms with Crippen LogP contribution in [0.2, 0.25) is 0 Å². The first-order valence-corrected chi connectivity index (χ1v) is 2.84. The zero-order valence-corrected chi connectivity index (χ0v) is 5.31.